The van der Waals surface area contributed by atoms with E-state index in [0.717, 1.165) is 271 Å². The van der Waals surface area contributed by atoms with E-state index in [1.807, 2.05) is 129 Å². The molecule has 0 unspecified atom stereocenters. The van der Waals surface area contributed by atoms with E-state index in [2.05, 4.69) is 146 Å². The Bertz CT molecular complexity index is 5400. The van der Waals surface area contributed by atoms with E-state index >= 15 is 0 Å². The van der Waals surface area contributed by atoms with Crippen molar-refractivity contribution in [1.82, 2.24) is 19.9 Å². The molecular formula is C102H108Cl3IN4O11S2. The molecule has 7 aromatic carbocycles. The van der Waals surface area contributed by atoms with Crippen LogP contribution in [0.3, 0.4) is 0 Å². The number of esters is 1. The van der Waals surface area contributed by atoms with Crippen LogP contribution >= 0.6 is 80.9 Å². The van der Waals surface area contributed by atoms with E-state index in [-0.39, 0.29) is 36.8 Å². The number of rotatable bonds is 38. The van der Waals surface area contributed by atoms with Gasteiger partial charge in [0.2, 0.25) is 0 Å². The van der Waals surface area contributed by atoms with Gasteiger partial charge in [0.15, 0.2) is 0 Å². The molecule has 11 aromatic rings. The molecule has 21 heteroatoms. The number of hydrogen-bond acceptors (Lipinski definition) is 17. The zero-order chi connectivity index (χ0) is 83.9. The molecule has 642 valence electrons. The van der Waals surface area contributed by atoms with Crippen LogP contribution in [0, 0.1) is 3.57 Å². The molecule has 8 fully saturated rings. The van der Waals surface area contributed by atoms with Crippen molar-refractivity contribution < 1.29 is 52.9 Å². The van der Waals surface area contributed by atoms with Crippen LogP contribution < -0.4 is 18.9 Å². The Morgan fingerprint density at radius 3 is 1.09 bits per heavy atom. The van der Waals surface area contributed by atoms with Crippen LogP contribution in [-0.4, -0.2) is 85.3 Å². The Morgan fingerprint density at radius 2 is 0.748 bits per heavy atom. The minimum Gasteiger partial charge on any atom is -0.490 e. The number of nitrogens with zero attached hydrogens (tertiary/aromatic N) is 4. The van der Waals surface area contributed by atoms with Gasteiger partial charge in [-0.3, -0.25) is 24.7 Å². The fraction of sp³-hybridized carbons (Fsp3) is 0.382. The summed E-state index contributed by atoms with van der Waals surface area (Å²) in [5.74, 6) is 5.57. The standard InChI is InChI=1S/C31H34ClNO4S.C29H32ClNO3S.C24H21ClINO2.C17H17NO2.CH4/c1-2-35-30(34)9-5-6-18-38-24-12-13-28(32)22(19-24)21-36-31(15-16-31)27-20-33-17-14-25(27)26-7-3-4-8-29(26)37-23-10-11-23;30-27-11-10-23(35-17-5-1-4-16-32)18-21(27)20-33-29(13-14-29)26-19-31-15-12-24(26)25-6-2-3-7-28(25)34-22-8-9-22;25-22-8-5-17(26)13-16(22)15-28-24(10-11-24)21-14-27-12-9-19(21)20-3-1-2-4-23(20)29-18-6-7-18;19-17(8-9-17)15-11-18-10-7-13(15)14-3-1-2-4-16(14)20-12-5-6-12;/h3-4,7-8,12-14,17,19-20,23H,2,5-6,9-11,15-16,18,21H2,1H3;2-3,6-7,10-12,15,18-19,22,32H,1,4-5,8-9,13-14,16-17,20H2;1-5,8-9,12-14,18H,6-7,10-11,15H2;1-4,7,10-12,19H,5-6,8-9H2;1H4. The third-order valence-corrected chi connectivity index (χ3v) is 27.0. The quantitative estimate of drug-likeness (QED) is 0.0161. The molecule has 19 rings (SSSR count). The van der Waals surface area contributed by atoms with E-state index < -0.39 is 5.60 Å². The summed E-state index contributed by atoms with van der Waals surface area (Å²) in [5.41, 5.74) is 14.4. The maximum Gasteiger partial charge on any atom is 0.305 e. The highest BCUT2D eigenvalue weighted by molar-refractivity contribution is 14.1. The maximum absolute atomic E-state index is 11.5. The van der Waals surface area contributed by atoms with Crippen molar-refractivity contribution in [3.8, 4) is 67.5 Å². The molecule has 8 aliphatic rings. The summed E-state index contributed by atoms with van der Waals surface area (Å²) in [6.45, 7) is 3.93. The lowest BCUT2D eigenvalue weighted by molar-refractivity contribution is -0.143. The summed E-state index contributed by atoms with van der Waals surface area (Å²) in [6, 6.07) is 59.4. The van der Waals surface area contributed by atoms with Gasteiger partial charge >= 0.3 is 5.97 Å². The number of thioether (sulfide) groups is 2. The van der Waals surface area contributed by atoms with Crippen molar-refractivity contribution in [2.75, 3.05) is 24.7 Å². The number of para-hydroxylation sites is 4. The zero-order valence-corrected chi connectivity index (χ0v) is 74.9. The largest absolute Gasteiger partial charge is 0.490 e. The summed E-state index contributed by atoms with van der Waals surface area (Å²) in [6.07, 6.45) is 38.1. The molecule has 4 heterocycles. The van der Waals surface area contributed by atoms with E-state index in [1.165, 1.54) is 4.90 Å². The second kappa shape index (κ2) is 42.0. The van der Waals surface area contributed by atoms with Crippen LogP contribution in [0.4, 0.5) is 0 Å². The SMILES string of the molecule is C.CCOC(=O)CCCCSc1ccc(Cl)c(COC2(c3cnccc3-c3ccccc3OC3CC3)CC2)c1.Clc1ccc(I)cc1COC1(c2cnccc2-c2ccccc2OC2CC2)CC1.OC1(c2cnccc2-c2ccccc2OC2CC2)CC1.OCCCCCSc1ccc(Cl)c(COC2(c3cnccc3-c3ccccc3OC3CC3)CC2)c1. The molecule has 0 saturated heterocycles. The number of ether oxygens (including phenoxy) is 8. The number of aliphatic hydroxyl groups excluding tert-OH is 1. The summed E-state index contributed by atoms with van der Waals surface area (Å²) in [5, 5.41) is 21.6. The Morgan fingerprint density at radius 1 is 0.415 bits per heavy atom. The van der Waals surface area contributed by atoms with Gasteiger partial charge in [-0.1, -0.05) is 121 Å². The lowest BCUT2D eigenvalue weighted by atomic mass is 9.96. The summed E-state index contributed by atoms with van der Waals surface area (Å²) < 4.78 is 50.5. The number of carbonyl (C=O) groups excluding carboxylic acids is 1. The molecule has 0 spiro atoms. The summed E-state index contributed by atoms with van der Waals surface area (Å²) in [4.78, 5) is 31.4. The average molecular weight is 1860 g/mol. The van der Waals surface area contributed by atoms with Crippen LogP contribution in [0.2, 0.25) is 15.1 Å². The fourth-order valence-corrected chi connectivity index (χ4v) is 18.0. The number of aliphatic hydroxyl groups is 2. The average Bonchev–Trinajstić information content (AvgIpc) is 1.58. The van der Waals surface area contributed by atoms with Crippen LogP contribution in [0.15, 0.2) is 235 Å². The first kappa shape index (κ1) is 89.7. The topological polar surface area (TPSA) is 183 Å². The van der Waals surface area contributed by atoms with Gasteiger partial charge in [0.1, 0.15) is 23.0 Å². The number of hydrogen-bond donors (Lipinski definition) is 2. The van der Waals surface area contributed by atoms with Gasteiger partial charge in [-0.05, 0) is 312 Å². The molecule has 0 aliphatic heterocycles. The molecule has 15 nitrogen and oxygen atoms in total. The number of pyridine rings is 4. The highest BCUT2D eigenvalue weighted by Gasteiger charge is 2.51. The van der Waals surface area contributed by atoms with Crippen LogP contribution in [0.1, 0.15) is 195 Å². The molecule has 4 aromatic heterocycles. The van der Waals surface area contributed by atoms with Gasteiger partial charge in [-0.15, -0.1) is 23.5 Å². The van der Waals surface area contributed by atoms with Crippen molar-refractivity contribution in [2.45, 2.75) is 232 Å². The number of aromatic nitrogens is 4. The monoisotopic (exact) mass is 1860 g/mol. The molecule has 8 saturated carbocycles. The molecule has 0 radical (unpaired) electrons. The molecule has 123 heavy (non-hydrogen) atoms. The Balaban J connectivity index is 0.000000129. The molecular weight excluding hydrogens is 1750 g/mol. The highest BCUT2D eigenvalue weighted by Crippen LogP contribution is 2.57. The van der Waals surface area contributed by atoms with E-state index in [9.17, 15) is 9.90 Å². The second-order valence-electron chi connectivity index (χ2n) is 32.8. The fourth-order valence-electron chi connectivity index (χ4n) is 15.0. The van der Waals surface area contributed by atoms with Gasteiger partial charge in [-0.25, -0.2) is 0 Å². The molecule has 0 bridgehead atoms. The molecule has 2 N–H and O–H groups in total. The van der Waals surface area contributed by atoms with Gasteiger partial charge in [0.25, 0.3) is 0 Å². The van der Waals surface area contributed by atoms with Crippen LogP contribution in [0.25, 0.3) is 44.5 Å². The van der Waals surface area contributed by atoms with Gasteiger partial charge in [0, 0.05) is 136 Å². The normalized spacial score (nSPS) is 16.7. The lowest BCUT2D eigenvalue weighted by Gasteiger charge is -2.22. The predicted octanol–water partition coefficient (Wildman–Crippen LogP) is 26.0. The highest BCUT2D eigenvalue weighted by atomic mass is 127. The number of halogens is 4. The van der Waals surface area contributed by atoms with Gasteiger partial charge in [-0.2, -0.15) is 0 Å². The van der Waals surface area contributed by atoms with E-state index in [4.69, 9.17) is 77.8 Å². The minimum atomic E-state index is -0.684. The first-order valence-corrected chi connectivity index (χ1v) is 47.3. The number of unbranched alkanes of at least 4 members (excludes halogenated alkanes) is 3. The third-order valence-electron chi connectivity index (χ3n) is 23.0. The van der Waals surface area contributed by atoms with Crippen LogP contribution in [0.5, 0.6) is 23.0 Å². The number of benzene rings is 7. The molecule has 8 aliphatic carbocycles. The summed E-state index contributed by atoms with van der Waals surface area (Å²) >= 11 is 25.4. The van der Waals surface area contributed by atoms with Crippen molar-refractivity contribution in [3.63, 3.8) is 0 Å². The van der Waals surface area contributed by atoms with Crippen molar-refractivity contribution >= 4 is 86.9 Å². The Hall–Kier alpha value is -8.09. The number of carbonyl (C=O) groups is 1. The van der Waals surface area contributed by atoms with Crippen molar-refractivity contribution in [2.24, 2.45) is 0 Å². The predicted molar refractivity (Wildman–Crippen MR) is 500 cm³/mol. The zero-order valence-electron chi connectivity index (χ0n) is 68.9. The van der Waals surface area contributed by atoms with Crippen molar-refractivity contribution in [3.05, 3.63) is 283 Å². The lowest BCUT2D eigenvalue weighted by Crippen LogP contribution is -2.14. The van der Waals surface area contributed by atoms with Crippen molar-refractivity contribution in [1.29, 1.82) is 0 Å². The third kappa shape index (κ3) is 24.2. The van der Waals surface area contributed by atoms with Gasteiger partial charge < -0.3 is 48.1 Å². The van der Waals surface area contributed by atoms with E-state index in [1.54, 1.807) is 24.2 Å². The second-order valence-corrected chi connectivity index (χ2v) is 37.6. The van der Waals surface area contributed by atoms with E-state index in [0.29, 0.717) is 62.3 Å². The molecule has 0 amide bonds. The maximum atomic E-state index is 11.5. The first-order chi connectivity index (χ1) is 59.7. The Labute approximate surface area is 761 Å². The molecule has 0 atom stereocenters. The smallest absolute Gasteiger partial charge is 0.305 e. The van der Waals surface area contributed by atoms with Crippen LogP contribution in [-0.2, 0) is 66.0 Å². The minimum absolute atomic E-state index is 0. The van der Waals surface area contributed by atoms with Gasteiger partial charge in [0.05, 0.1) is 73.2 Å². The first-order valence-electron chi connectivity index (χ1n) is 43.2. The Kier molecular flexibility index (Phi) is 30.6. The summed E-state index contributed by atoms with van der Waals surface area (Å²) in [7, 11) is 0.